The van der Waals surface area contributed by atoms with Gasteiger partial charge in [0.25, 0.3) is 0 Å². The molecule has 2 nitrogen and oxygen atoms in total. The van der Waals surface area contributed by atoms with E-state index in [9.17, 15) is 0 Å². The number of nitrogens with zero attached hydrogens (tertiary/aromatic N) is 1. The van der Waals surface area contributed by atoms with Crippen LogP contribution in [0.5, 0.6) is 0 Å². The molecule has 0 atom stereocenters. The molecule has 1 fully saturated rings. The molecule has 0 saturated carbocycles. The van der Waals surface area contributed by atoms with Crippen molar-refractivity contribution < 1.29 is 0 Å². The number of hydrogen-bond acceptors (Lipinski definition) is 2. The van der Waals surface area contributed by atoms with Crippen LogP contribution in [-0.2, 0) is 0 Å². The third-order valence-electron chi connectivity index (χ3n) is 3.47. The van der Waals surface area contributed by atoms with Gasteiger partial charge in [-0.3, -0.25) is 0 Å². The number of piperidine rings is 1. The summed E-state index contributed by atoms with van der Waals surface area (Å²) >= 11 is 0. The molecule has 1 aliphatic heterocycles. The van der Waals surface area contributed by atoms with Crippen LogP contribution in [0.2, 0.25) is 0 Å². The van der Waals surface area contributed by atoms with E-state index in [1.807, 2.05) is 0 Å². The van der Waals surface area contributed by atoms with Gasteiger partial charge in [-0.15, -0.1) is 0 Å². The Hall–Kier alpha value is -0.0800. The zero-order valence-corrected chi connectivity index (χ0v) is 10.6. The van der Waals surface area contributed by atoms with E-state index in [1.54, 1.807) is 0 Å². The fourth-order valence-electron chi connectivity index (χ4n) is 2.35. The number of likely N-dealkylation sites (tertiary alicyclic amines) is 1. The molecule has 0 bridgehead atoms. The van der Waals surface area contributed by atoms with Crippen molar-refractivity contribution in [2.24, 2.45) is 5.92 Å². The Balaban J connectivity index is 2.02. The molecular formula is C13H28N2. The molecule has 0 amide bonds. The first kappa shape index (κ1) is 13.0. The summed E-state index contributed by atoms with van der Waals surface area (Å²) in [6, 6.07) is 0. The van der Waals surface area contributed by atoms with Gasteiger partial charge in [0.1, 0.15) is 0 Å². The van der Waals surface area contributed by atoms with Crippen LogP contribution >= 0.6 is 0 Å². The Kier molecular flexibility index (Phi) is 7.03. The monoisotopic (exact) mass is 212 g/mol. The summed E-state index contributed by atoms with van der Waals surface area (Å²) in [5.41, 5.74) is 0. The van der Waals surface area contributed by atoms with Gasteiger partial charge in [0.05, 0.1) is 0 Å². The molecule has 0 aromatic carbocycles. The van der Waals surface area contributed by atoms with E-state index in [0.717, 1.165) is 12.5 Å². The summed E-state index contributed by atoms with van der Waals surface area (Å²) in [7, 11) is 0. The third kappa shape index (κ3) is 5.53. The minimum atomic E-state index is 0.937. The number of hydrogen-bond donors (Lipinski definition) is 1. The van der Waals surface area contributed by atoms with Crippen molar-refractivity contribution in [3.8, 4) is 0 Å². The van der Waals surface area contributed by atoms with Gasteiger partial charge < -0.3 is 10.2 Å². The zero-order chi connectivity index (χ0) is 10.9. The van der Waals surface area contributed by atoms with Crippen LogP contribution in [0.15, 0.2) is 0 Å². The summed E-state index contributed by atoms with van der Waals surface area (Å²) in [6.45, 7) is 10.8. The number of unbranched alkanes of at least 4 members (excludes halogenated alkanes) is 2. The molecule has 0 aromatic rings. The second-order valence-electron chi connectivity index (χ2n) is 4.80. The highest BCUT2D eigenvalue weighted by Gasteiger charge is 2.17. The lowest BCUT2D eigenvalue weighted by atomic mass is 9.96. The summed E-state index contributed by atoms with van der Waals surface area (Å²) in [5, 5.41) is 3.47. The summed E-state index contributed by atoms with van der Waals surface area (Å²) in [5.74, 6) is 0.937. The summed E-state index contributed by atoms with van der Waals surface area (Å²) < 4.78 is 0. The first-order valence-corrected chi connectivity index (χ1v) is 6.79. The standard InChI is InChI=1S/C13H28N2/c1-3-5-6-9-15-10-7-13(8-11-15)12-14-4-2/h13-14H,3-12H2,1-2H3. The predicted octanol–water partition coefficient (Wildman–Crippen LogP) is 2.50. The van der Waals surface area contributed by atoms with Gasteiger partial charge >= 0.3 is 0 Å². The second-order valence-corrected chi connectivity index (χ2v) is 4.80. The van der Waals surface area contributed by atoms with Crippen LogP contribution in [-0.4, -0.2) is 37.6 Å². The molecule has 0 unspecified atom stereocenters. The van der Waals surface area contributed by atoms with Crippen molar-refractivity contribution in [3.05, 3.63) is 0 Å². The van der Waals surface area contributed by atoms with Crippen LogP contribution in [0, 0.1) is 5.92 Å². The minimum absolute atomic E-state index is 0.937. The van der Waals surface area contributed by atoms with Crippen LogP contribution in [0.4, 0.5) is 0 Å². The molecule has 15 heavy (non-hydrogen) atoms. The molecule has 1 saturated heterocycles. The van der Waals surface area contributed by atoms with E-state index < -0.39 is 0 Å². The van der Waals surface area contributed by atoms with Gasteiger partial charge in [0.15, 0.2) is 0 Å². The minimum Gasteiger partial charge on any atom is -0.317 e. The first-order chi connectivity index (χ1) is 7.36. The maximum atomic E-state index is 3.47. The largest absolute Gasteiger partial charge is 0.317 e. The molecule has 0 aliphatic carbocycles. The molecular weight excluding hydrogens is 184 g/mol. The van der Waals surface area contributed by atoms with E-state index in [0.29, 0.717) is 0 Å². The van der Waals surface area contributed by atoms with Crippen LogP contribution in [0.3, 0.4) is 0 Å². The van der Waals surface area contributed by atoms with Gasteiger partial charge in [0, 0.05) is 0 Å². The highest BCUT2D eigenvalue weighted by molar-refractivity contribution is 4.73. The van der Waals surface area contributed by atoms with Crippen molar-refractivity contribution in [3.63, 3.8) is 0 Å². The SMILES string of the molecule is CCCCCN1CCC(CNCC)CC1. The highest BCUT2D eigenvalue weighted by atomic mass is 15.1. The van der Waals surface area contributed by atoms with Crippen molar-refractivity contribution >= 4 is 0 Å². The lowest BCUT2D eigenvalue weighted by Gasteiger charge is -2.32. The fraction of sp³-hybridized carbons (Fsp3) is 1.00. The van der Waals surface area contributed by atoms with Gasteiger partial charge in [-0.1, -0.05) is 26.7 Å². The van der Waals surface area contributed by atoms with Crippen LogP contribution in [0.1, 0.15) is 46.0 Å². The molecule has 0 radical (unpaired) electrons. The Morgan fingerprint density at radius 1 is 1.13 bits per heavy atom. The quantitative estimate of drug-likeness (QED) is 0.652. The topological polar surface area (TPSA) is 15.3 Å². The van der Waals surface area contributed by atoms with E-state index in [1.165, 1.54) is 58.3 Å². The molecule has 1 rings (SSSR count). The normalized spacial score (nSPS) is 19.6. The molecule has 1 aliphatic rings. The maximum Gasteiger partial charge on any atom is -0.00156 e. The van der Waals surface area contributed by atoms with Crippen molar-refractivity contribution in [2.75, 3.05) is 32.7 Å². The Morgan fingerprint density at radius 3 is 2.47 bits per heavy atom. The smallest absolute Gasteiger partial charge is 0.00156 e. The van der Waals surface area contributed by atoms with Gasteiger partial charge in [-0.2, -0.15) is 0 Å². The van der Waals surface area contributed by atoms with Crippen molar-refractivity contribution in [1.82, 2.24) is 10.2 Å². The van der Waals surface area contributed by atoms with Gasteiger partial charge in [-0.25, -0.2) is 0 Å². The van der Waals surface area contributed by atoms with E-state index in [4.69, 9.17) is 0 Å². The molecule has 0 spiro atoms. The predicted molar refractivity (Wildman–Crippen MR) is 67.2 cm³/mol. The van der Waals surface area contributed by atoms with E-state index >= 15 is 0 Å². The van der Waals surface area contributed by atoms with E-state index in [2.05, 4.69) is 24.1 Å². The molecule has 90 valence electrons. The number of nitrogens with one attached hydrogen (secondary N) is 1. The highest BCUT2D eigenvalue weighted by Crippen LogP contribution is 2.16. The maximum absolute atomic E-state index is 3.47. The molecule has 2 heteroatoms. The lowest BCUT2D eigenvalue weighted by Crippen LogP contribution is -2.37. The Bertz CT molecular complexity index is 139. The van der Waals surface area contributed by atoms with Crippen molar-refractivity contribution in [1.29, 1.82) is 0 Å². The lowest BCUT2D eigenvalue weighted by molar-refractivity contribution is 0.180. The zero-order valence-electron chi connectivity index (χ0n) is 10.6. The summed E-state index contributed by atoms with van der Waals surface area (Å²) in [6.07, 6.45) is 6.95. The first-order valence-electron chi connectivity index (χ1n) is 6.79. The number of rotatable bonds is 7. The fourth-order valence-corrected chi connectivity index (χ4v) is 2.35. The summed E-state index contributed by atoms with van der Waals surface area (Å²) in [4.78, 5) is 2.65. The van der Waals surface area contributed by atoms with Gasteiger partial charge in [-0.05, 0) is 57.9 Å². The van der Waals surface area contributed by atoms with Crippen LogP contribution in [0.25, 0.3) is 0 Å². The van der Waals surface area contributed by atoms with Gasteiger partial charge in [0.2, 0.25) is 0 Å². The third-order valence-corrected chi connectivity index (χ3v) is 3.47. The molecule has 0 aromatic heterocycles. The van der Waals surface area contributed by atoms with Crippen LogP contribution < -0.4 is 5.32 Å². The second kappa shape index (κ2) is 8.12. The Morgan fingerprint density at radius 2 is 1.87 bits per heavy atom. The van der Waals surface area contributed by atoms with Crippen molar-refractivity contribution in [2.45, 2.75) is 46.0 Å². The molecule has 1 N–H and O–H groups in total. The average Bonchev–Trinajstić information content (AvgIpc) is 2.28. The van der Waals surface area contributed by atoms with E-state index in [-0.39, 0.29) is 0 Å². The molecule has 1 heterocycles. The Labute approximate surface area is 95.4 Å². The average molecular weight is 212 g/mol.